The van der Waals surface area contributed by atoms with Gasteiger partial charge in [0.2, 0.25) is 0 Å². The van der Waals surface area contributed by atoms with Crippen LogP contribution in [0, 0.1) is 10.8 Å². The van der Waals surface area contributed by atoms with E-state index in [-0.39, 0.29) is 10.8 Å². The lowest BCUT2D eigenvalue weighted by molar-refractivity contribution is -0.0170. The van der Waals surface area contributed by atoms with E-state index in [1.165, 1.54) is 0 Å². The van der Waals surface area contributed by atoms with E-state index in [1.807, 2.05) is 0 Å². The number of hydrogen-bond acceptors (Lipinski definition) is 2. The molecule has 0 aromatic carbocycles. The molecule has 0 saturated carbocycles. The zero-order valence-electron chi connectivity index (χ0n) is 11.7. The molecule has 0 fully saturated rings. The van der Waals surface area contributed by atoms with Gasteiger partial charge in [0.25, 0.3) is 0 Å². The van der Waals surface area contributed by atoms with E-state index < -0.39 is 0 Å². The summed E-state index contributed by atoms with van der Waals surface area (Å²) < 4.78 is 5.40. The standard InChI is InChI=1S/C13H29NO/c1-8-14(9-2)10-13(6,11-15-7)12(3,4)5/h8-11H2,1-7H3. The topological polar surface area (TPSA) is 12.5 Å². The average molecular weight is 215 g/mol. The van der Waals surface area contributed by atoms with Crippen molar-refractivity contribution in [3.63, 3.8) is 0 Å². The molecule has 0 spiro atoms. The second-order valence-corrected chi connectivity index (χ2v) is 5.71. The Labute approximate surface area is 96.0 Å². The summed E-state index contributed by atoms with van der Waals surface area (Å²) in [6.45, 7) is 17.8. The van der Waals surface area contributed by atoms with Gasteiger partial charge in [0.05, 0.1) is 6.61 Å². The van der Waals surface area contributed by atoms with Crippen LogP contribution in [0.1, 0.15) is 41.5 Å². The van der Waals surface area contributed by atoms with Gasteiger partial charge in [-0.05, 0) is 18.5 Å². The predicted molar refractivity (Wildman–Crippen MR) is 67.2 cm³/mol. The van der Waals surface area contributed by atoms with Gasteiger partial charge in [0, 0.05) is 19.1 Å². The first-order chi connectivity index (χ1) is 6.80. The van der Waals surface area contributed by atoms with Gasteiger partial charge >= 0.3 is 0 Å². The fraction of sp³-hybridized carbons (Fsp3) is 1.00. The number of rotatable bonds is 6. The SMILES string of the molecule is CCN(CC)CC(C)(COC)C(C)(C)C. The van der Waals surface area contributed by atoms with Crippen molar-refractivity contribution in [3.05, 3.63) is 0 Å². The van der Waals surface area contributed by atoms with Crippen LogP contribution >= 0.6 is 0 Å². The van der Waals surface area contributed by atoms with Crippen molar-refractivity contribution < 1.29 is 4.74 Å². The predicted octanol–water partition coefficient (Wildman–Crippen LogP) is 3.03. The van der Waals surface area contributed by atoms with E-state index in [2.05, 4.69) is 46.4 Å². The van der Waals surface area contributed by atoms with Crippen LogP contribution in [0.15, 0.2) is 0 Å². The van der Waals surface area contributed by atoms with E-state index in [0.29, 0.717) is 0 Å². The summed E-state index contributed by atoms with van der Waals surface area (Å²) in [5, 5.41) is 0. The Hall–Kier alpha value is -0.0800. The van der Waals surface area contributed by atoms with Gasteiger partial charge in [-0.15, -0.1) is 0 Å². The van der Waals surface area contributed by atoms with Gasteiger partial charge in [-0.1, -0.05) is 41.5 Å². The normalized spacial score (nSPS) is 16.8. The van der Waals surface area contributed by atoms with Crippen LogP contribution in [0.25, 0.3) is 0 Å². The maximum Gasteiger partial charge on any atom is 0.0533 e. The van der Waals surface area contributed by atoms with Crippen molar-refractivity contribution in [2.45, 2.75) is 41.5 Å². The van der Waals surface area contributed by atoms with Crippen LogP contribution < -0.4 is 0 Å². The highest BCUT2D eigenvalue weighted by molar-refractivity contribution is 4.88. The van der Waals surface area contributed by atoms with E-state index in [9.17, 15) is 0 Å². The Morgan fingerprint density at radius 3 is 1.73 bits per heavy atom. The summed E-state index contributed by atoms with van der Waals surface area (Å²) in [4.78, 5) is 2.48. The second kappa shape index (κ2) is 5.86. The lowest BCUT2D eigenvalue weighted by Gasteiger charge is -2.44. The minimum absolute atomic E-state index is 0.216. The number of methoxy groups -OCH3 is 1. The van der Waals surface area contributed by atoms with Crippen LogP contribution in [0.2, 0.25) is 0 Å². The third-order valence-electron chi connectivity index (χ3n) is 3.74. The first-order valence-corrected chi connectivity index (χ1v) is 6.02. The average Bonchev–Trinajstić information content (AvgIpc) is 2.13. The molecule has 2 heteroatoms. The molecular weight excluding hydrogens is 186 g/mol. The fourth-order valence-corrected chi connectivity index (χ4v) is 1.76. The molecule has 0 aliphatic heterocycles. The Morgan fingerprint density at radius 2 is 1.47 bits per heavy atom. The summed E-state index contributed by atoms with van der Waals surface area (Å²) in [7, 11) is 1.80. The highest BCUT2D eigenvalue weighted by Crippen LogP contribution is 2.39. The molecule has 0 amide bonds. The van der Waals surface area contributed by atoms with Gasteiger partial charge in [-0.3, -0.25) is 0 Å². The minimum atomic E-state index is 0.216. The maximum absolute atomic E-state index is 5.40. The van der Waals surface area contributed by atoms with Crippen LogP contribution in [0.4, 0.5) is 0 Å². The lowest BCUT2D eigenvalue weighted by Crippen LogP contribution is -2.46. The lowest BCUT2D eigenvalue weighted by atomic mass is 9.68. The molecule has 0 aromatic heterocycles. The van der Waals surface area contributed by atoms with Crippen molar-refractivity contribution in [3.8, 4) is 0 Å². The summed E-state index contributed by atoms with van der Waals surface area (Å²) in [6.07, 6.45) is 0. The second-order valence-electron chi connectivity index (χ2n) is 5.71. The molecule has 1 atom stereocenters. The molecule has 0 rings (SSSR count). The van der Waals surface area contributed by atoms with Gasteiger partial charge < -0.3 is 9.64 Å². The number of ether oxygens (including phenoxy) is 1. The quantitative estimate of drug-likeness (QED) is 0.675. The number of hydrogen-bond donors (Lipinski definition) is 0. The zero-order chi connectivity index (χ0) is 12.1. The highest BCUT2D eigenvalue weighted by Gasteiger charge is 2.38. The van der Waals surface area contributed by atoms with Crippen LogP contribution in [0.5, 0.6) is 0 Å². The molecule has 0 saturated heterocycles. The van der Waals surface area contributed by atoms with Gasteiger partial charge in [0.1, 0.15) is 0 Å². The first kappa shape index (κ1) is 14.9. The Kier molecular flexibility index (Phi) is 5.82. The van der Waals surface area contributed by atoms with Crippen molar-refractivity contribution in [1.29, 1.82) is 0 Å². The van der Waals surface area contributed by atoms with Gasteiger partial charge in [-0.2, -0.15) is 0 Å². The van der Waals surface area contributed by atoms with E-state index in [0.717, 1.165) is 26.2 Å². The maximum atomic E-state index is 5.40. The van der Waals surface area contributed by atoms with Crippen LogP contribution in [0.3, 0.4) is 0 Å². The molecular formula is C13H29NO. The highest BCUT2D eigenvalue weighted by atomic mass is 16.5. The first-order valence-electron chi connectivity index (χ1n) is 6.02. The molecule has 0 heterocycles. The Balaban J connectivity index is 4.64. The third-order valence-corrected chi connectivity index (χ3v) is 3.74. The molecule has 92 valence electrons. The van der Waals surface area contributed by atoms with Gasteiger partial charge in [-0.25, -0.2) is 0 Å². The summed E-state index contributed by atoms with van der Waals surface area (Å²) in [5.74, 6) is 0. The molecule has 0 aromatic rings. The van der Waals surface area contributed by atoms with Crippen LogP contribution in [-0.4, -0.2) is 38.3 Å². The van der Waals surface area contributed by atoms with Crippen molar-refractivity contribution in [2.75, 3.05) is 33.4 Å². The van der Waals surface area contributed by atoms with Crippen molar-refractivity contribution in [1.82, 2.24) is 4.90 Å². The fourth-order valence-electron chi connectivity index (χ4n) is 1.76. The smallest absolute Gasteiger partial charge is 0.0533 e. The van der Waals surface area contributed by atoms with E-state index in [1.54, 1.807) is 7.11 Å². The summed E-state index contributed by atoms with van der Waals surface area (Å²) in [6, 6.07) is 0. The molecule has 1 unspecified atom stereocenters. The Morgan fingerprint density at radius 1 is 1.00 bits per heavy atom. The van der Waals surface area contributed by atoms with Crippen LogP contribution in [-0.2, 0) is 4.74 Å². The minimum Gasteiger partial charge on any atom is -0.384 e. The number of nitrogens with zero attached hydrogens (tertiary/aromatic N) is 1. The molecule has 0 bridgehead atoms. The molecule has 0 aliphatic carbocycles. The largest absolute Gasteiger partial charge is 0.384 e. The molecule has 0 radical (unpaired) electrons. The van der Waals surface area contributed by atoms with Gasteiger partial charge in [0.15, 0.2) is 0 Å². The van der Waals surface area contributed by atoms with E-state index in [4.69, 9.17) is 4.74 Å². The molecule has 0 aliphatic rings. The molecule has 15 heavy (non-hydrogen) atoms. The Bertz CT molecular complexity index is 170. The van der Waals surface area contributed by atoms with E-state index >= 15 is 0 Å². The summed E-state index contributed by atoms with van der Waals surface area (Å²) in [5.41, 5.74) is 0.485. The van der Waals surface area contributed by atoms with Crippen molar-refractivity contribution in [2.24, 2.45) is 10.8 Å². The third kappa shape index (κ3) is 4.12. The zero-order valence-corrected chi connectivity index (χ0v) is 11.7. The molecule has 2 nitrogen and oxygen atoms in total. The summed E-state index contributed by atoms with van der Waals surface area (Å²) >= 11 is 0. The monoisotopic (exact) mass is 215 g/mol. The van der Waals surface area contributed by atoms with Crippen molar-refractivity contribution >= 4 is 0 Å². The molecule has 0 N–H and O–H groups in total.